The average molecular weight is 713 g/mol. The Hall–Kier alpha value is -3.13. The van der Waals surface area contributed by atoms with Crippen molar-refractivity contribution in [1.82, 2.24) is 0 Å². The molecule has 0 amide bonds. The summed E-state index contributed by atoms with van der Waals surface area (Å²) in [7, 11) is 0. The summed E-state index contributed by atoms with van der Waals surface area (Å²) >= 11 is 3.71. The lowest BCUT2D eigenvalue weighted by molar-refractivity contribution is -0.665. The summed E-state index contributed by atoms with van der Waals surface area (Å²) < 4.78 is 3.73. The summed E-state index contributed by atoms with van der Waals surface area (Å²) in [6.45, 7) is 6.37. The number of thioether (sulfide) groups is 1. The predicted molar refractivity (Wildman–Crippen MR) is 184 cm³/mol. The van der Waals surface area contributed by atoms with Crippen LogP contribution in [0.15, 0.2) is 142 Å². The molecule has 2 nitrogen and oxygen atoms in total. The molecule has 0 bridgehead atoms. The predicted octanol–water partition coefficient (Wildman–Crippen LogP) is 7.38. The molecule has 5 heteroatoms. The molecule has 4 aromatic rings. The largest absolute Gasteiger partial charge is 1.00 e. The highest BCUT2D eigenvalue weighted by molar-refractivity contribution is 8.03. The Morgan fingerprint density at radius 1 is 0.791 bits per heavy atom. The minimum Gasteiger partial charge on any atom is -1.00 e. The molecule has 1 aromatic heterocycles. The molecule has 1 aliphatic carbocycles. The lowest BCUT2D eigenvalue weighted by Crippen LogP contribution is -3.00. The molecular formula is C38H37IN2S2. The molecule has 6 rings (SSSR count). The zero-order chi connectivity index (χ0) is 28.7. The van der Waals surface area contributed by atoms with Crippen molar-refractivity contribution in [3.8, 4) is 0 Å². The van der Waals surface area contributed by atoms with Gasteiger partial charge in [0.25, 0.3) is 5.01 Å². The lowest BCUT2D eigenvalue weighted by Gasteiger charge is -2.22. The number of thiazole rings is 1. The van der Waals surface area contributed by atoms with E-state index >= 15 is 0 Å². The van der Waals surface area contributed by atoms with E-state index in [1.165, 1.54) is 59.5 Å². The highest BCUT2D eigenvalue weighted by Crippen LogP contribution is 2.45. The van der Waals surface area contributed by atoms with Crippen LogP contribution >= 0.6 is 23.1 Å². The zero-order valence-corrected chi connectivity index (χ0v) is 28.5. The van der Waals surface area contributed by atoms with E-state index in [0.717, 1.165) is 25.9 Å². The molecule has 0 saturated carbocycles. The molecule has 2 aliphatic rings. The fraction of sp³-hybridized carbons (Fsp3) is 0.184. The number of hydrogen-bond donors (Lipinski definition) is 0. The maximum Gasteiger partial charge on any atom is 0.262 e. The van der Waals surface area contributed by atoms with E-state index in [0.29, 0.717) is 0 Å². The number of nitrogens with zero attached hydrogens (tertiary/aromatic N) is 2. The third kappa shape index (κ3) is 7.00. The van der Waals surface area contributed by atoms with Crippen LogP contribution in [0.2, 0.25) is 0 Å². The van der Waals surface area contributed by atoms with Crippen molar-refractivity contribution in [3.05, 3.63) is 148 Å². The summed E-state index contributed by atoms with van der Waals surface area (Å²) in [5, 5.41) is 2.57. The molecule has 2 heterocycles. The van der Waals surface area contributed by atoms with Crippen molar-refractivity contribution in [2.24, 2.45) is 0 Å². The maximum atomic E-state index is 2.39. The van der Waals surface area contributed by atoms with Gasteiger partial charge in [0.1, 0.15) is 11.2 Å². The van der Waals surface area contributed by atoms with Gasteiger partial charge in [-0.25, -0.2) is 0 Å². The smallest absolute Gasteiger partial charge is 0.262 e. The molecule has 1 aliphatic heterocycles. The fourth-order valence-corrected chi connectivity index (χ4v) is 8.14. The van der Waals surface area contributed by atoms with Crippen LogP contribution in [0, 0.1) is 0 Å². The molecular weight excluding hydrogens is 675 g/mol. The molecule has 0 radical (unpaired) electrons. The second-order valence-electron chi connectivity index (χ2n) is 10.4. The number of allylic oxidation sites excluding steroid dienone is 10. The summed E-state index contributed by atoms with van der Waals surface area (Å²) in [6, 6.07) is 28.2. The Morgan fingerprint density at radius 2 is 1.53 bits per heavy atom. The van der Waals surface area contributed by atoms with Crippen LogP contribution < -0.4 is 33.4 Å². The lowest BCUT2D eigenvalue weighted by atomic mass is 9.83. The number of aromatic nitrogens is 1. The standard InChI is InChI=1S/C38H37N2S2.HI/c1-3-39-32-23-10-12-25-34(32)41-36(39)27-14-8-19-30-21-16-22-31(38(30)29-17-6-5-7-18-29)20-9-15-28-37-40(4-2)33-24-11-13-26-35(33)42-37;/h5-15,17-20,23-28H,3-4,16,21-22H2,1-2H3;1H/q+1;/p-1. The number of para-hydroxylation sites is 2. The van der Waals surface area contributed by atoms with Crippen molar-refractivity contribution < 1.29 is 28.5 Å². The Bertz CT molecular complexity index is 1760. The first-order valence-electron chi connectivity index (χ1n) is 14.9. The van der Waals surface area contributed by atoms with E-state index in [-0.39, 0.29) is 24.0 Å². The third-order valence-electron chi connectivity index (χ3n) is 7.80. The molecule has 3 aromatic carbocycles. The van der Waals surface area contributed by atoms with E-state index in [4.69, 9.17) is 0 Å². The molecule has 43 heavy (non-hydrogen) atoms. The first-order chi connectivity index (χ1) is 20.8. The number of fused-ring (bicyclic) bond motifs is 2. The molecule has 0 fully saturated rings. The van der Waals surface area contributed by atoms with E-state index < -0.39 is 0 Å². The van der Waals surface area contributed by atoms with Crippen molar-refractivity contribution in [1.29, 1.82) is 0 Å². The number of anilines is 1. The topological polar surface area (TPSA) is 7.12 Å². The average Bonchev–Trinajstić information content (AvgIpc) is 3.58. The van der Waals surface area contributed by atoms with E-state index in [1.807, 2.05) is 23.1 Å². The van der Waals surface area contributed by atoms with Gasteiger partial charge in [-0.05, 0) is 79.7 Å². The normalized spacial score (nSPS) is 17.3. The molecule has 0 saturated heterocycles. The van der Waals surface area contributed by atoms with Crippen LogP contribution in [-0.4, -0.2) is 6.54 Å². The van der Waals surface area contributed by atoms with Gasteiger partial charge >= 0.3 is 0 Å². The molecule has 0 spiro atoms. The van der Waals surface area contributed by atoms with Crippen LogP contribution in [-0.2, 0) is 6.54 Å². The Balaban J connectivity index is 0.00000368. The molecule has 0 atom stereocenters. The van der Waals surface area contributed by atoms with Gasteiger partial charge in [0.2, 0.25) is 5.52 Å². The van der Waals surface area contributed by atoms with Gasteiger partial charge < -0.3 is 28.9 Å². The van der Waals surface area contributed by atoms with Gasteiger partial charge in [0, 0.05) is 23.6 Å². The third-order valence-corrected chi connectivity index (χ3v) is 10.1. The zero-order valence-electron chi connectivity index (χ0n) is 24.7. The van der Waals surface area contributed by atoms with Gasteiger partial charge in [-0.1, -0.05) is 114 Å². The van der Waals surface area contributed by atoms with Gasteiger partial charge in [-0.15, -0.1) is 0 Å². The highest BCUT2D eigenvalue weighted by atomic mass is 127. The Morgan fingerprint density at radius 3 is 2.37 bits per heavy atom. The van der Waals surface area contributed by atoms with Crippen molar-refractivity contribution in [3.63, 3.8) is 0 Å². The van der Waals surface area contributed by atoms with E-state index in [9.17, 15) is 0 Å². The van der Waals surface area contributed by atoms with Crippen molar-refractivity contribution >= 4 is 50.7 Å². The van der Waals surface area contributed by atoms with Crippen LogP contribution in [0.1, 0.15) is 43.7 Å². The van der Waals surface area contributed by atoms with Crippen LogP contribution in [0.5, 0.6) is 0 Å². The SMILES string of the molecule is CCN1/C(=C/C=C/C=C2\CCCC(/C=C/C=C/c3sc4ccccc4[n+]3CC)=C2c2ccccc2)Sc2ccccc21.[I-]. The summed E-state index contributed by atoms with van der Waals surface area (Å²) in [5.41, 5.74) is 8.12. The minimum absolute atomic E-state index is 0. The highest BCUT2D eigenvalue weighted by Gasteiger charge is 2.22. The first kappa shape index (κ1) is 31.3. The first-order valence-corrected chi connectivity index (χ1v) is 16.6. The Labute approximate surface area is 281 Å². The Kier molecular flexibility index (Phi) is 11.0. The van der Waals surface area contributed by atoms with Crippen molar-refractivity contribution in [2.75, 3.05) is 11.4 Å². The van der Waals surface area contributed by atoms with Crippen LogP contribution in [0.25, 0.3) is 21.9 Å². The number of rotatable bonds is 8. The molecule has 218 valence electrons. The summed E-state index contributed by atoms with van der Waals surface area (Å²) in [4.78, 5) is 3.73. The number of aryl methyl sites for hydroxylation is 1. The van der Waals surface area contributed by atoms with Gasteiger partial charge in [-0.2, -0.15) is 4.57 Å². The molecule has 0 unspecified atom stereocenters. The number of benzene rings is 3. The van der Waals surface area contributed by atoms with Gasteiger partial charge in [0.05, 0.1) is 10.7 Å². The summed E-state index contributed by atoms with van der Waals surface area (Å²) in [5.74, 6) is 0. The van der Waals surface area contributed by atoms with Crippen LogP contribution in [0.3, 0.4) is 0 Å². The maximum absolute atomic E-state index is 2.39. The summed E-state index contributed by atoms with van der Waals surface area (Å²) in [6.07, 6.45) is 21.4. The second-order valence-corrected chi connectivity index (χ2v) is 12.5. The van der Waals surface area contributed by atoms with Crippen molar-refractivity contribution in [2.45, 2.75) is 44.6 Å². The van der Waals surface area contributed by atoms with E-state index in [1.54, 1.807) is 0 Å². The number of halogens is 1. The second kappa shape index (κ2) is 15.0. The number of hydrogen-bond acceptors (Lipinski definition) is 3. The quantitative estimate of drug-likeness (QED) is 0.107. The molecule has 0 N–H and O–H groups in total. The van der Waals surface area contributed by atoms with Gasteiger partial charge in [-0.3, -0.25) is 0 Å². The van der Waals surface area contributed by atoms with Gasteiger partial charge in [0.15, 0.2) is 0 Å². The van der Waals surface area contributed by atoms with Crippen LogP contribution in [0.4, 0.5) is 5.69 Å². The fourth-order valence-electron chi connectivity index (χ4n) is 5.86. The minimum atomic E-state index is 0. The monoisotopic (exact) mass is 712 g/mol. The van der Waals surface area contributed by atoms with E-state index in [2.05, 4.69) is 151 Å².